The second-order valence-corrected chi connectivity index (χ2v) is 4.11. The molecule has 3 heteroatoms. The molecular weight excluding hydrogens is 212 g/mol. The van der Waals surface area contributed by atoms with Crippen LogP contribution in [0.1, 0.15) is 11.1 Å². The molecule has 1 aromatic carbocycles. The molecule has 0 spiro atoms. The van der Waals surface area contributed by atoms with Crippen LogP contribution >= 0.6 is 0 Å². The van der Waals surface area contributed by atoms with Crippen molar-refractivity contribution in [3.63, 3.8) is 0 Å². The first kappa shape index (κ1) is 11.5. The van der Waals surface area contributed by atoms with Crippen LogP contribution in [0.5, 0.6) is 5.75 Å². The maximum atomic E-state index is 5.95. The number of hydrogen-bond acceptors (Lipinski definition) is 3. The minimum absolute atomic E-state index is 0.740. The van der Waals surface area contributed by atoms with Gasteiger partial charge in [0.1, 0.15) is 5.75 Å². The van der Waals surface area contributed by atoms with E-state index in [2.05, 4.69) is 17.1 Å². The average Bonchev–Trinajstić information content (AvgIpc) is 2.29. The minimum atomic E-state index is 0.740. The molecular formula is C14H16N2O. The number of rotatable bonds is 2. The minimum Gasteiger partial charge on any atom is -0.496 e. The number of hydrogen-bond donors (Lipinski definition) is 1. The summed E-state index contributed by atoms with van der Waals surface area (Å²) in [6.07, 6.45) is 3.48. The first-order valence-electron chi connectivity index (χ1n) is 5.48. The smallest absolute Gasteiger partial charge is 0.124 e. The molecule has 0 unspecified atom stereocenters. The van der Waals surface area contributed by atoms with E-state index in [-0.39, 0.29) is 0 Å². The zero-order chi connectivity index (χ0) is 12.4. The molecule has 0 aliphatic carbocycles. The molecule has 0 fully saturated rings. The molecule has 0 aliphatic heterocycles. The Balaban J connectivity index is 2.59. The van der Waals surface area contributed by atoms with Gasteiger partial charge in [-0.05, 0) is 48.7 Å². The Hall–Kier alpha value is -2.03. The van der Waals surface area contributed by atoms with Crippen LogP contribution in [0.4, 0.5) is 5.69 Å². The first-order valence-corrected chi connectivity index (χ1v) is 5.48. The molecule has 0 atom stereocenters. The Kier molecular flexibility index (Phi) is 3.00. The summed E-state index contributed by atoms with van der Waals surface area (Å²) in [6.45, 7) is 4.06. The van der Waals surface area contributed by atoms with Gasteiger partial charge in [0.05, 0.1) is 7.11 Å². The Morgan fingerprint density at radius 3 is 2.35 bits per heavy atom. The number of pyridine rings is 1. The lowest BCUT2D eigenvalue weighted by Gasteiger charge is -2.12. The van der Waals surface area contributed by atoms with Crippen molar-refractivity contribution in [1.82, 2.24) is 4.98 Å². The van der Waals surface area contributed by atoms with Crippen molar-refractivity contribution in [3.8, 4) is 16.9 Å². The Morgan fingerprint density at radius 2 is 1.82 bits per heavy atom. The second kappa shape index (κ2) is 4.45. The summed E-state index contributed by atoms with van der Waals surface area (Å²) >= 11 is 0. The SMILES string of the molecule is COc1c(C)cc(-c2cnccc2N)cc1C. The van der Waals surface area contributed by atoms with E-state index in [0.29, 0.717) is 0 Å². The van der Waals surface area contributed by atoms with E-state index >= 15 is 0 Å². The van der Waals surface area contributed by atoms with Gasteiger partial charge in [-0.3, -0.25) is 4.98 Å². The predicted molar refractivity (Wildman–Crippen MR) is 70.1 cm³/mol. The zero-order valence-electron chi connectivity index (χ0n) is 10.3. The van der Waals surface area contributed by atoms with Gasteiger partial charge in [-0.15, -0.1) is 0 Å². The largest absolute Gasteiger partial charge is 0.496 e. The molecule has 2 N–H and O–H groups in total. The predicted octanol–water partition coefficient (Wildman–Crippen LogP) is 2.96. The lowest BCUT2D eigenvalue weighted by Crippen LogP contribution is -1.95. The van der Waals surface area contributed by atoms with E-state index in [0.717, 1.165) is 33.7 Å². The van der Waals surface area contributed by atoms with E-state index in [1.807, 2.05) is 19.9 Å². The van der Waals surface area contributed by atoms with Gasteiger partial charge >= 0.3 is 0 Å². The second-order valence-electron chi connectivity index (χ2n) is 4.11. The van der Waals surface area contributed by atoms with Crippen LogP contribution in [0.15, 0.2) is 30.6 Å². The van der Waals surface area contributed by atoms with Gasteiger partial charge in [0.2, 0.25) is 0 Å². The molecule has 17 heavy (non-hydrogen) atoms. The van der Waals surface area contributed by atoms with Gasteiger partial charge in [-0.25, -0.2) is 0 Å². The summed E-state index contributed by atoms with van der Waals surface area (Å²) in [5.41, 5.74) is 10.9. The molecule has 0 saturated heterocycles. The van der Waals surface area contributed by atoms with Gasteiger partial charge in [-0.2, -0.15) is 0 Å². The number of anilines is 1. The fourth-order valence-corrected chi connectivity index (χ4v) is 2.07. The van der Waals surface area contributed by atoms with Crippen molar-refractivity contribution >= 4 is 5.69 Å². The summed E-state index contributed by atoms with van der Waals surface area (Å²) in [6, 6.07) is 5.95. The Morgan fingerprint density at radius 1 is 1.18 bits per heavy atom. The van der Waals surface area contributed by atoms with Gasteiger partial charge in [0.15, 0.2) is 0 Å². The van der Waals surface area contributed by atoms with Crippen LogP contribution in [-0.4, -0.2) is 12.1 Å². The maximum absolute atomic E-state index is 5.95. The maximum Gasteiger partial charge on any atom is 0.124 e. The van der Waals surface area contributed by atoms with E-state index in [9.17, 15) is 0 Å². The summed E-state index contributed by atoms with van der Waals surface area (Å²) in [5, 5.41) is 0. The van der Waals surface area contributed by atoms with Crippen LogP contribution in [0, 0.1) is 13.8 Å². The highest BCUT2D eigenvalue weighted by molar-refractivity contribution is 5.76. The molecule has 1 aromatic heterocycles. The Bertz CT molecular complexity index is 527. The standard InChI is InChI=1S/C14H16N2O/c1-9-6-11(7-10(2)14(9)17-3)12-8-16-5-4-13(12)15/h4-8H,1-3H3,(H2,15,16). The molecule has 2 aromatic rings. The number of methoxy groups -OCH3 is 1. The van der Waals surface area contributed by atoms with Crippen molar-refractivity contribution in [2.45, 2.75) is 13.8 Å². The molecule has 88 valence electrons. The highest BCUT2D eigenvalue weighted by atomic mass is 16.5. The third-order valence-corrected chi connectivity index (χ3v) is 2.83. The molecule has 2 rings (SSSR count). The van der Waals surface area contributed by atoms with Crippen LogP contribution < -0.4 is 10.5 Å². The summed E-state index contributed by atoms with van der Waals surface area (Å²) in [4.78, 5) is 4.11. The van der Waals surface area contributed by atoms with Crippen molar-refractivity contribution < 1.29 is 4.74 Å². The lowest BCUT2D eigenvalue weighted by atomic mass is 10.00. The molecule has 0 aliphatic rings. The highest BCUT2D eigenvalue weighted by Gasteiger charge is 2.08. The van der Waals surface area contributed by atoms with Crippen LogP contribution in [0.25, 0.3) is 11.1 Å². The fourth-order valence-electron chi connectivity index (χ4n) is 2.07. The third kappa shape index (κ3) is 2.09. The van der Waals surface area contributed by atoms with Crippen LogP contribution in [0.2, 0.25) is 0 Å². The topological polar surface area (TPSA) is 48.1 Å². The molecule has 3 nitrogen and oxygen atoms in total. The molecule has 0 amide bonds. The van der Waals surface area contributed by atoms with E-state index in [1.165, 1.54) is 0 Å². The van der Waals surface area contributed by atoms with E-state index in [4.69, 9.17) is 10.5 Å². The van der Waals surface area contributed by atoms with Gasteiger partial charge in [0, 0.05) is 23.6 Å². The van der Waals surface area contributed by atoms with Crippen molar-refractivity contribution in [1.29, 1.82) is 0 Å². The highest BCUT2D eigenvalue weighted by Crippen LogP contribution is 2.31. The van der Waals surface area contributed by atoms with Gasteiger partial charge in [0.25, 0.3) is 0 Å². The first-order chi connectivity index (χ1) is 8.13. The number of nitrogens with two attached hydrogens (primary N) is 1. The number of nitrogens with zero attached hydrogens (tertiary/aromatic N) is 1. The Labute approximate surface area is 101 Å². The van der Waals surface area contributed by atoms with Gasteiger partial charge < -0.3 is 10.5 Å². The zero-order valence-corrected chi connectivity index (χ0v) is 10.3. The number of aryl methyl sites for hydroxylation is 2. The van der Waals surface area contributed by atoms with E-state index in [1.54, 1.807) is 19.5 Å². The van der Waals surface area contributed by atoms with Crippen LogP contribution in [0.3, 0.4) is 0 Å². The van der Waals surface area contributed by atoms with Gasteiger partial charge in [-0.1, -0.05) is 0 Å². The molecule has 1 heterocycles. The number of benzene rings is 1. The van der Waals surface area contributed by atoms with Crippen molar-refractivity contribution in [2.75, 3.05) is 12.8 Å². The van der Waals surface area contributed by atoms with Crippen molar-refractivity contribution in [2.24, 2.45) is 0 Å². The average molecular weight is 228 g/mol. The van der Waals surface area contributed by atoms with E-state index < -0.39 is 0 Å². The quantitative estimate of drug-likeness (QED) is 0.859. The third-order valence-electron chi connectivity index (χ3n) is 2.83. The molecule has 0 saturated carbocycles. The monoisotopic (exact) mass is 228 g/mol. The molecule has 0 radical (unpaired) electrons. The summed E-state index contributed by atoms with van der Waals surface area (Å²) < 4.78 is 5.35. The number of aromatic nitrogens is 1. The van der Waals surface area contributed by atoms with Crippen LogP contribution in [-0.2, 0) is 0 Å². The number of nitrogen functional groups attached to an aromatic ring is 1. The lowest BCUT2D eigenvalue weighted by molar-refractivity contribution is 0.408. The molecule has 0 bridgehead atoms. The number of ether oxygens (including phenoxy) is 1. The van der Waals surface area contributed by atoms with Crippen molar-refractivity contribution in [3.05, 3.63) is 41.7 Å². The summed E-state index contributed by atoms with van der Waals surface area (Å²) in [7, 11) is 1.69. The normalized spacial score (nSPS) is 10.3. The summed E-state index contributed by atoms with van der Waals surface area (Å²) in [5.74, 6) is 0.927. The fraction of sp³-hybridized carbons (Fsp3) is 0.214.